The Morgan fingerprint density at radius 2 is 2.07 bits per heavy atom. The highest BCUT2D eigenvalue weighted by atomic mass is 16.5. The molecule has 86 valence electrons. The maximum Gasteiger partial charge on any atom is 0.321 e. The Labute approximate surface area is 90.0 Å². The second-order valence-electron chi connectivity index (χ2n) is 4.59. The van der Waals surface area contributed by atoms with Gasteiger partial charge in [0.25, 0.3) is 0 Å². The highest BCUT2D eigenvalue weighted by molar-refractivity contribution is 5.74. The maximum absolute atomic E-state index is 11.2. The van der Waals surface area contributed by atoms with Crippen LogP contribution in [0, 0.1) is 5.92 Å². The Morgan fingerprint density at radius 1 is 1.33 bits per heavy atom. The molecule has 1 aliphatic carbocycles. The summed E-state index contributed by atoms with van der Waals surface area (Å²) in [5.74, 6) is -0.569. The number of aliphatic carboxylic acids is 1. The van der Waals surface area contributed by atoms with Crippen molar-refractivity contribution in [2.24, 2.45) is 5.92 Å². The molecule has 0 aromatic carbocycles. The lowest BCUT2D eigenvalue weighted by atomic mass is 9.98. The third kappa shape index (κ3) is 2.69. The topological polar surface area (TPSA) is 58.6 Å². The van der Waals surface area contributed by atoms with Crippen LogP contribution in [0.1, 0.15) is 32.1 Å². The van der Waals surface area contributed by atoms with E-state index in [4.69, 9.17) is 4.74 Å². The van der Waals surface area contributed by atoms with Crippen LogP contribution in [0.3, 0.4) is 0 Å². The largest absolute Gasteiger partial charge is 0.480 e. The van der Waals surface area contributed by atoms with E-state index in [1.54, 1.807) is 0 Å². The first-order chi connectivity index (χ1) is 7.27. The van der Waals surface area contributed by atoms with Crippen LogP contribution in [-0.4, -0.2) is 36.4 Å². The first-order valence-corrected chi connectivity index (χ1v) is 5.84. The van der Waals surface area contributed by atoms with Gasteiger partial charge < -0.3 is 15.2 Å². The van der Waals surface area contributed by atoms with Crippen LogP contribution < -0.4 is 5.32 Å². The first-order valence-electron chi connectivity index (χ1n) is 5.84. The maximum atomic E-state index is 11.2. The van der Waals surface area contributed by atoms with Crippen molar-refractivity contribution < 1.29 is 14.6 Å². The second kappa shape index (κ2) is 4.94. The molecule has 1 heterocycles. The van der Waals surface area contributed by atoms with Crippen molar-refractivity contribution >= 4 is 5.97 Å². The Balaban J connectivity index is 1.89. The van der Waals surface area contributed by atoms with Crippen LogP contribution in [0.4, 0.5) is 0 Å². The molecule has 2 unspecified atom stereocenters. The average Bonchev–Trinajstić information content (AvgIpc) is 2.87. The summed E-state index contributed by atoms with van der Waals surface area (Å²) >= 11 is 0. The molecule has 2 N–H and O–H groups in total. The molecule has 0 bridgehead atoms. The summed E-state index contributed by atoms with van der Waals surface area (Å²) in [6, 6.07) is 0.00213. The molecule has 4 nitrogen and oxygen atoms in total. The summed E-state index contributed by atoms with van der Waals surface area (Å²) < 4.78 is 5.25. The lowest BCUT2D eigenvalue weighted by Gasteiger charge is -2.23. The summed E-state index contributed by atoms with van der Waals surface area (Å²) in [6.07, 6.45) is 5.57. The molecule has 2 aliphatic rings. The number of hydrogen-bond donors (Lipinski definition) is 2. The van der Waals surface area contributed by atoms with E-state index in [0.29, 0.717) is 19.3 Å². The molecule has 15 heavy (non-hydrogen) atoms. The third-order valence-electron chi connectivity index (χ3n) is 3.47. The molecule has 0 radical (unpaired) electrons. The average molecular weight is 213 g/mol. The zero-order valence-electron chi connectivity index (χ0n) is 8.95. The van der Waals surface area contributed by atoms with Crippen molar-refractivity contribution in [3.63, 3.8) is 0 Å². The normalized spacial score (nSPS) is 29.5. The van der Waals surface area contributed by atoms with Crippen LogP contribution in [0.2, 0.25) is 0 Å². The van der Waals surface area contributed by atoms with Gasteiger partial charge in [-0.2, -0.15) is 0 Å². The van der Waals surface area contributed by atoms with Gasteiger partial charge in [-0.3, -0.25) is 4.79 Å². The second-order valence-corrected chi connectivity index (χ2v) is 4.59. The first kappa shape index (κ1) is 10.9. The van der Waals surface area contributed by atoms with E-state index in [0.717, 1.165) is 19.3 Å². The molecule has 2 atom stereocenters. The van der Waals surface area contributed by atoms with E-state index in [1.165, 1.54) is 12.8 Å². The molecule has 2 fully saturated rings. The van der Waals surface area contributed by atoms with Crippen LogP contribution >= 0.6 is 0 Å². The Bertz CT molecular complexity index is 220. The van der Waals surface area contributed by atoms with Gasteiger partial charge in [-0.05, 0) is 19.3 Å². The molecule has 2 rings (SSSR count). The molecule has 1 aliphatic heterocycles. The SMILES string of the molecule is O=C(O)C(NC1CCCC1)C1CCOC1. The Morgan fingerprint density at radius 3 is 2.60 bits per heavy atom. The van der Waals surface area contributed by atoms with Crippen LogP contribution in [0.5, 0.6) is 0 Å². The number of carboxylic acid groups (broad SMARTS) is 1. The number of nitrogens with one attached hydrogen (secondary N) is 1. The number of rotatable bonds is 4. The Kier molecular flexibility index (Phi) is 3.59. The van der Waals surface area contributed by atoms with Crippen molar-refractivity contribution in [1.29, 1.82) is 0 Å². The van der Waals surface area contributed by atoms with Gasteiger partial charge in [-0.1, -0.05) is 12.8 Å². The zero-order chi connectivity index (χ0) is 10.7. The predicted octanol–water partition coefficient (Wildman–Crippen LogP) is 1.01. The van der Waals surface area contributed by atoms with Crippen molar-refractivity contribution in [3.05, 3.63) is 0 Å². The number of carboxylic acids is 1. The van der Waals surface area contributed by atoms with Crippen molar-refractivity contribution in [2.75, 3.05) is 13.2 Å². The fourth-order valence-corrected chi connectivity index (χ4v) is 2.57. The molecule has 1 saturated heterocycles. The molecule has 1 saturated carbocycles. The van der Waals surface area contributed by atoms with Gasteiger partial charge in [-0.15, -0.1) is 0 Å². The van der Waals surface area contributed by atoms with Gasteiger partial charge in [-0.25, -0.2) is 0 Å². The minimum absolute atomic E-state index is 0.156. The molecule has 0 spiro atoms. The van der Waals surface area contributed by atoms with E-state index in [1.807, 2.05) is 0 Å². The molecule has 0 amide bonds. The summed E-state index contributed by atoms with van der Waals surface area (Å²) in [4.78, 5) is 11.2. The monoisotopic (exact) mass is 213 g/mol. The lowest BCUT2D eigenvalue weighted by Crippen LogP contribution is -2.47. The Hall–Kier alpha value is -0.610. The lowest BCUT2D eigenvalue weighted by molar-refractivity contribution is -0.141. The van der Waals surface area contributed by atoms with E-state index in [-0.39, 0.29) is 5.92 Å². The molecular weight excluding hydrogens is 194 g/mol. The third-order valence-corrected chi connectivity index (χ3v) is 3.47. The van der Waals surface area contributed by atoms with Gasteiger partial charge >= 0.3 is 5.97 Å². The van der Waals surface area contributed by atoms with Gasteiger partial charge in [0.1, 0.15) is 6.04 Å². The van der Waals surface area contributed by atoms with E-state index >= 15 is 0 Å². The van der Waals surface area contributed by atoms with E-state index in [2.05, 4.69) is 5.32 Å². The van der Waals surface area contributed by atoms with E-state index in [9.17, 15) is 9.90 Å². The number of ether oxygens (including phenoxy) is 1. The highest BCUT2D eigenvalue weighted by Gasteiger charge is 2.33. The van der Waals surface area contributed by atoms with E-state index < -0.39 is 12.0 Å². The van der Waals surface area contributed by atoms with Gasteiger partial charge in [0.15, 0.2) is 0 Å². The fourth-order valence-electron chi connectivity index (χ4n) is 2.57. The summed E-state index contributed by atoms with van der Waals surface area (Å²) in [7, 11) is 0. The quantitative estimate of drug-likeness (QED) is 0.731. The fraction of sp³-hybridized carbons (Fsp3) is 0.909. The molecule has 4 heteroatoms. The van der Waals surface area contributed by atoms with Gasteiger partial charge in [0, 0.05) is 18.6 Å². The highest BCUT2D eigenvalue weighted by Crippen LogP contribution is 2.22. The summed E-state index contributed by atoms with van der Waals surface area (Å²) in [5, 5.41) is 12.5. The molecule has 0 aromatic rings. The summed E-state index contributed by atoms with van der Waals surface area (Å²) in [5.41, 5.74) is 0. The minimum atomic E-state index is -0.725. The van der Waals surface area contributed by atoms with Gasteiger partial charge in [0.2, 0.25) is 0 Å². The molecule has 0 aromatic heterocycles. The zero-order valence-corrected chi connectivity index (χ0v) is 8.95. The number of carbonyl (C=O) groups is 1. The van der Waals surface area contributed by atoms with Crippen molar-refractivity contribution in [3.8, 4) is 0 Å². The standard InChI is InChI=1S/C11H19NO3/c13-11(14)10(8-5-6-15-7-8)12-9-3-1-2-4-9/h8-10,12H,1-7H2,(H,13,14). The van der Waals surface area contributed by atoms with Crippen molar-refractivity contribution in [2.45, 2.75) is 44.2 Å². The number of hydrogen-bond acceptors (Lipinski definition) is 3. The van der Waals surface area contributed by atoms with Crippen molar-refractivity contribution in [1.82, 2.24) is 5.32 Å². The van der Waals surface area contributed by atoms with Crippen LogP contribution in [-0.2, 0) is 9.53 Å². The molecular formula is C11H19NO3. The smallest absolute Gasteiger partial charge is 0.321 e. The summed E-state index contributed by atoms with van der Waals surface area (Å²) in [6.45, 7) is 1.30. The van der Waals surface area contributed by atoms with Crippen LogP contribution in [0.25, 0.3) is 0 Å². The minimum Gasteiger partial charge on any atom is -0.480 e. The van der Waals surface area contributed by atoms with Crippen LogP contribution in [0.15, 0.2) is 0 Å². The van der Waals surface area contributed by atoms with Gasteiger partial charge in [0.05, 0.1) is 6.61 Å². The predicted molar refractivity (Wildman–Crippen MR) is 55.7 cm³/mol.